The number of aromatic hydroxyl groups is 1. The monoisotopic (exact) mass is 294 g/mol. The van der Waals surface area contributed by atoms with Crippen LogP contribution in [0.25, 0.3) is 0 Å². The van der Waals surface area contributed by atoms with Gasteiger partial charge in [0, 0.05) is 6.54 Å². The van der Waals surface area contributed by atoms with E-state index < -0.39 is 10.0 Å². The Morgan fingerprint density at radius 3 is 2.47 bits per heavy atom. The highest BCUT2D eigenvalue weighted by atomic mass is 32.2. The number of hydrogen-bond donors (Lipinski definition) is 2. The van der Waals surface area contributed by atoms with Gasteiger partial charge < -0.3 is 5.11 Å². The largest absolute Gasteiger partial charge is 0.508 e. The van der Waals surface area contributed by atoms with Crippen LogP contribution in [0.15, 0.2) is 40.6 Å². The Labute approximate surface area is 114 Å². The maximum atomic E-state index is 11.9. The van der Waals surface area contributed by atoms with E-state index in [9.17, 15) is 8.42 Å². The van der Waals surface area contributed by atoms with Crippen LogP contribution in [-0.4, -0.2) is 13.5 Å². The van der Waals surface area contributed by atoms with Crippen LogP contribution in [0, 0.1) is 11.3 Å². The van der Waals surface area contributed by atoms with Crippen molar-refractivity contribution in [1.82, 2.24) is 4.72 Å². The summed E-state index contributed by atoms with van der Waals surface area (Å²) in [7, 11) is -3.60. The second-order valence-corrected chi connectivity index (χ2v) is 6.80. The fourth-order valence-corrected chi connectivity index (χ4v) is 3.55. The topological polar surface area (TPSA) is 90.2 Å². The number of nitriles is 1. The molecule has 2 rings (SSSR count). The normalized spacial score (nSPS) is 11.1. The fourth-order valence-electron chi connectivity index (χ4n) is 1.39. The maximum absolute atomic E-state index is 11.9. The summed E-state index contributed by atoms with van der Waals surface area (Å²) >= 11 is 0.926. The summed E-state index contributed by atoms with van der Waals surface area (Å²) in [6.07, 6.45) is 0. The summed E-state index contributed by atoms with van der Waals surface area (Å²) in [5, 5.41) is 17.8. The highest BCUT2D eigenvalue weighted by Crippen LogP contribution is 2.20. The third-order valence-electron chi connectivity index (χ3n) is 2.36. The van der Waals surface area contributed by atoms with E-state index in [1.807, 2.05) is 6.07 Å². The first-order valence-corrected chi connectivity index (χ1v) is 7.59. The molecule has 19 heavy (non-hydrogen) atoms. The SMILES string of the molecule is N#Cc1ccc(S(=O)(=O)NCc2ccc(O)cc2)s1. The maximum Gasteiger partial charge on any atom is 0.250 e. The van der Waals surface area contributed by atoms with E-state index in [1.54, 1.807) is 12.1 Å². The highest BCUT2D eigenvalue weighted by molar-refractivity contribution is 7.91. The summed E-state index contributed by atoms with van der Waals surface area (Å²) in [5.41, 5.74) is 0.735. The molecule has 1 aromatic heterocycles. The van der Waals surface area contributed by atoms with Crippen LogP contribution in [-0.2, 0) is 16.6 Å². The summed E-state index contributed by atoms with van der Waals surface area (Å²) < 4.78 is 26.4. The summed E-state index contributed by atoms with van der Waals surface area (Å²) in [6, 6.07) is 11.0. The van der Waals surface area contributed by atoms with Gasteiger partial charge >= 0.3 is 0 Å². The lowest BCUT2D eigenvalue weighted by Crippen LogP contribution is -2.22. The van der Waals surface area contributed by atoms with Crippen LogP contribution in [0.4, 0.5) is 0 Å². The van der Waals surface area contributed by atoms with Crippen molar-refractivity contribution in [2.24, 2.45) is 0 Å². The average Bonchev–Trinajstić information content (AvgIpc) is 2.88. The fraction of sp³-hybridized carbons (Fsp3) is 0.0833. The van der Waals surface area contributed by atoms with Crippen molar-refractivity contribution in [2.45, 2.75) is 10.8 Å². The van der Waals surface area contributed by atoms with Crippen molar-refractivity contribution >= 4 is 21.4 Å². The van der Waals surface area contributed by atoms with Gasteiger partial charge in [0.2, 0.25) is 10.0 Å². The quantitative estimate of drug-likeness (QED) is 0.899. The molecule has 0 atom stereocenters. The third kappa shape index (κ3) is 3.32. The van der Waals surface area contributed by atoms with Gasteiger partial charge in [-0.1, -0.05) is 12.1 Å². The summed E-state index contributed by atoms with van der Waals surface area (Å²) in [4.78, 5) is 0.352. The van der Waals surface area contributed by atoms with Gasteiger partial charge in [0.05, 0.1) is 0 Å². The Kier molecular flexibility index (Phi) is 3.85. The molecule has 1 heterocycles. The molecule has 0 aliphatic heterocycles. The second-order valence-electron chi connectivity index (χ2n) is 3.72. The average molecular weight is 294 g/mol. The van der Waals surface area contributed by atoms with Gasteiger partial charge in [-0.3, -0.25) is 0 Å². The first-order chi connectivity index (χ1) is 9.01. The molecule has 0 spiro atoms. The second kappa shape index (κ2) is 5.40. The van der Waals surface area contributed by atoms with Crippen LogP contribution in [0.2, 0.25) is 0 Å². The smallest absolute Gasteiger partial charge is 0.250 e. The van der Waals surface area contributed by atoms with E-state index in [-0.39, 0.29) is 16.5 Å². The molecule has 0 bridgehead atoms. The van der Waals surface area contributed by atoms with Gasteiger partial charge in [0.15, 0.2) is 0 Å². The number of thiophene rings is 1. The number of phenols is 1. The van der Waals surface area contributed by atoms with E-state index in [0.29, 0.717) is 4.88 Å². The van der Waals surface area contributed by atoms with Crippen molar-refractivity contribution in [3.05, 3.63) is 46.8 Å². The van der Waals surface area contributed by atoms with Gasteiger partial charge in [0.25, 0.3) is 0 Å². The molecule has 1 aromatic carbocycles. The molecule has 7 heteroatoms. The van der Waals surface area contributed by atoms with Crippen molar-refractivity contribution < 1.29 is 13.5 Å². The molecule has 0 amide bonds. The van der Waals surface area contributed by atoms with Crippen LogP contribution < -0.4 is 4.72 Å². The lowest BCUT2D eigenvalue weighted by Gasteiger charge is -2.04. The Hall–Kier alpha value is -1.88. The Bertz CT molecular complexity index is 712. The van der Waals surface area contributed by atoms with E-state index >= 15 is 0 Å². The molecule has 0 fully saturated rings. The minimum Gasteiger partial charge on any atom is -0.508 e. The Balaban J connectivity index is 2.10. The van der Waals surface area contributed by atoms with Gasteiger partial charge in [-0.05, 0) is 29.8 Å². The minimum atomic E-state index is -3.60. The van der Waals surface area contributed by atoms with Gasteiger partial charge in [-0.15, -0.1) is 11.3 Å². The van der Waals surface area contributed by atoms with Crippen molar-refractivity contribution in [2.75, 3.05) is 0 Å². The molecule has 5 nitrogen and oxygen atoms in total. The molecule has 0 unspecified atom stereocenters. The van der Waals surface area contributed by atoms with E-state index in [4.69, 9.17) is 10.4 Å². The highest BCUT2D eigenvalue weighted by Gasteiger charge is 2.16. The summed E-state index contributed by atoms with van der Waals surface area (Å²) in [5.74, 6) is 0.128. The Morgan fingerprint density at radius 1 is 1.21 bits per heavy atom. The zero-order chi connectivity index (χ0) is 13.9. The van der Waals surface area contributed by atoms with Gasteiger partial charge in [-0.2, -0.15) is 5.26 Å². The van der Waals surface area contributed by atoms with Crippen LogP contribution in [0.1, 0.15) is 10.4 Å². The van der Waals surface area contributed by atoms with Crippen molar-refractivity contribution in [1.29, 1.82) is 5.26 Å². The predicted octanol–water partition coefficient (Wildman–Crippen LogP) is 1.80. The molecule has 2 aromatic rings. The van der Waals surface area contributed by atoms with Crippen molar-refractivity contribution in [3.63, 3.8) is 0 Å². The van der Waals surface area contributed by atoms with E-state index in [0.717, 1.165) is 16.9 Å². The number of nitrogens with zero attached hydrogens (tertiary/aromatic N) is 1. The van der Waals surface area contributed by atoms with Crippen LogP contribution in [0.5, 0.6) is 5.75 Å². The number of hydrogen-bond acceptors (Lipinski definition) is 5. The number of sulfonamides is 1. The molecule has 0 saturated carbocycles. The van der Waals surface area contributed by atoms with Crippen LogP contribution >= 0.6 is 11.3 Å². The first-order valence-electron chi connectivity index (χ1n) is 5.29. The minimum absolute atomic E-state index is 0.114. The number of rotatable bonds is 4. The zero-order valence-electron chi connectivity index (χ0n) is 9.70. The standard InChI is InChI=1S/C12H10N2O3S2/c13-7-11-5-6-12(18-11)19(16,17)14-8-9-1-3-10(15)4-2-9/h1-6,14-15H,8H2. The number of phenolic OH excluding ortho intramolecular Hbond substituents is 1. The molecule has 0 saturated heterocycles. The van der Waals surface area contributed by atoms with Gasteiger partial charge in [-0.25, -0.2) is 13.1 Å². The van der Waals surface area contributed by atoms with Gasteiger partial charge in [0.1, 0.15) is 20.9 Å². The van der Waals surface area contributed by atoms with E-state index in [1.165, 1.54) is 24.3 Å². The molecule has 0 radical (unpaired) electrons. The number of nitrogens with one attached hydrogen (secondary N) is 1. The lowest BCUT2D eigenvalue weighted by atomic mass is 10.2. The molecular weight excluding hydrogens is 284 g/mol. The van der Waals surface area contributed by atoms with Crippen molar-refractivity contribution in [3.8, 4) is 11.8 Å². The zero-order valence-corrected chi connectivity index (χ0v) is 11.3. The molecular formula is C12H10N2O3S2. The molecule has 98 valence electrons. The first kappa shape index (κ1) is 13.5. The number of benzene rings is 1. The summed E-state index contributed by atoms with van der Waals surface area (Å²) in [6.45, 7) is 0.127. The third-order valence-corrected chi connectivity index (χ3v) is 5.24. The molecule has 0 aliphatic carbocycles. The lowest BCUT2D eigenvalue weighted by molar-refractivity contribution is 0.475. The Morgan fingerprint density at radius 2 is 1.89 bits per heavy atom. The predicted molar refractivity (Wildman–Crippen MR) is 71.2 cm³/mol. The van der Waals surface area contributed by atoms with E-state index in [2.05, 4.69) is 4.72 Å². The molecule has 2 N–H and O–H groups in total. The van der Waals surface area contributed by atoms with Crippen LogP contribution in [0.3, 0.4) is 0 Å². The molecule has 0 aliphatic rings.